The summed E-state index contributed by atoms with van der Waals surface area (Å²) in [6.45, 7) is 0. The van der Waals surface area contributed by atoms with Crippen LogP contribution in [0.1, 0.15) is 0 Å². The molecule has 302 valence electrons. The lowest BCUT2D eigenvalue weighted by Gasteiger charge is -2.25. The van der Waals surface area contributed by atoms with Gasteiger partial charge >= 0.3 is 0 Å². The minimum atomic E-state index is 0.534. The predicted molar refractivity (Wildman–Crippen MR) is 264 cm³/mol. The third-order valence-electron chi connectivity index (χ3n) is 11.9. The summed E-state index contributed by atoms with van der Waals surface area (Å²) in [5.41, 5.74) is 12.2. The van der Waals surface area contributed by atoms with Crippen LogP contribution in [0, 0.1) is 0 Å². The molecule has 0 spiro atoms. The van der Waals surface area contributed by atoms with Gasteiger partial charge in [0, 0.05) is 66.8 Å². The van der Waals surface area contributed by atoms with Crippen LogP contribution in [0.3, 0.4) is 0 Å². The van der Waals surface area contributed by atoms with Crippen LogP contribution in [0.25, 0.3) is 78.0 Å². The number of anilines is 5. The van der Waals surface area contributed by atoms with Crippen LogP contribution < -0.4 is 10.2 Å². The Kier molecular flexibility index (Phi) is 9.01. The third kappa shape index (κ3) is 6.42. The van der Waals surface area contributed by atoms with Gasteiger partial charge in [0.15, 0.2) is 11.6 Å². The van der Waals surface area contributed by atoms with Crippen molar-refractivity contribution in [3.05, 3.63) is 231 Å². The molecule has 0 amide bonds. The third-order valence-corrected chi connectivity index (χ3v) is 11.9. The van der Waals surface area contributed by atoms with Crippen molar-refractivity contribution in [2.45, 2.75) is 0 Å². The van der Waals surface area contributed by atoms with Crippen LogP contribution in [0.15, 0.2) is 231 Å². The van der Waals surface area contributed by atoms with Gasteiger partial charge in [-0.2, -0.15) is 9.97 Å². The second-order valence-corrected chi connectivity index (χ2v) is 15.8. The van der Waals surface area contributed by atoms with Crippen molar-refractivity contribution in [3.8, 4) is 34.4 Å². The lowest BCUT2D eigenvalue weighted by Crippen LogP contribution is -2.10. The van der Waals surface area contributed by atoms with Gasteiger partial charge in [0.25, 0.3) is 0 Å². The Labute approximate surface area is 369 Å². The van der Waals surface area contributed by atoms with E-state index in [-0.39, 0.29) is 0 Å². The molecule has 7 nitrogen and oxygen atoms in total. The molecule has 7 heteroatoms. The quantitative estimate of drug-likeness (QED) is 0.157. The van der Waals surface area contributed by atoms with Gasteiger partial charge < -0.3 is 14.8 Å². The zero-order chi connectivity index (χ0) is 42.4. The zero-order valence-corrected chi connectivity index (χ0v) is 34.6. The lowest BCUT2D eigenvalue weighted by atomic mass is 10.1. The maximum atomic E-state index is 5.36. The van der Waals surface area contributed by atoms with Crippen LogP contribution in [0.4, 0.5) is 28.4 Å². The highest BCUT2D eigenvalue weighted by Crippen LogP contribution is 2.44. The van der Waals surface area contributed by atoms with Crippen molar-refractivity contribution in [2.75, 3.05) is 10.2 Å². The van der Waals surface area contributed by atoms with E-state index in [1.54, 1.807) is 0 Å². The Morgan fingerprint density at radius 3 is 1.39 bits per heavy atom. The van der Waals surface area contributed by atoms with Crippen LogP contribution >= 0.6 is 0 Å². The highest BCUT2D eigenvalue weighted by atomic mass is 15.2. The van der Waals surface area contributed by atoms with Crippen molar-refractivity contribution in [2.24, 2.45) is 0 Å². The summed E-state index contributed by atoms with van der Waals surface area (Å²) in [4.78, 5) is 18.1. The Morgan fingerprint density at radius 2 is 0.812 bits per heavy atom. The minimum absolute atomic E-state index is 0.534. The van der Waals surface area contributed by atoms with Crippen molar-refractivity contribution < 1.29 is 0 Å². The first kappa shape index (κ1) is 37.0. The second kappa shape index (κ2) is 15.6. The summed E-state index contributed by atoms with van der Waals surface area (Å²) in [5.74, 6) is 1.73. The van der Waals surface area contributed by atoms with Crippen molar-refractivity contribution in [1.29, 1.82) is 0 Å². The van der Waals surface area contributed by atoms with Crippen molar-refractivity contribution in [1.82, 2.24) is 24.1 Å². The fourth-order valence-electron chi connectivity index (χ4n) is 9.05. The van der Waals surface area contributed by atoms with E-state index in [9.17, 15) is 0 Å². The van der Waals surface area contributed by atoms with Crippen molar-refractivity contribution in [3.63, 3.8) is 0 Å². The number of nitrogens with zero attached hydrogens (tertiary/aromatic N) is 6. The smallest absolute Gasteiger partial charge is 0.238 e. The molecular formula is C57H39N7. The molecule has 0 aliphatic rings. The largest absolute Gasteiger partial charge is 0.356 e. The lowest BCUT2D eigenvalue weighted by molar-refractivity contribution is 0.953. The summed E-state index contributed by atoms with van der Waals surface area (Å²) in [6.07, 6.45) is 0. The highest BCUT2D eigenvalue weighted by Gasteiger charge is 2.25. The molecule has 0 unspecified atom stereocenters. The summed E-state index contributed by atoms with van der Waals surface area (Å²) >= 11 is 0. The first-order chi connectivity index (χ1) is 31.7. The normalized spacial score (nSPS) is 11.4. The average molecular weight is 822 g/mol. The Bertz CT molecular complexity index is 3510. The number of benzene rings is 9. The maximum absolute atomic E-state index is 5.36. The maximum Gasteiger partial charge on any atom is 0.238 e. The number of hydrogen-bond donors (Lipinski definition) is 1. The Morgan fingerprint density at radius 1 is 0.344 bits per heavy atom. The van der Waals surface area contributed by atoms with E-state index in [1.807, 2.05) is 42.5 Å². The predicted octanol–water partition coefficient (Wildman–Crippen LogP) is 14.6. The van der Waals surface area contributed by atoms with Gasteiger partial charge in [-0.1, -0.05) is 146 Å². The fraction of sp³-hybridized carbons (Fsp3) is 0. The van der Waals surface area contributed by atoms with Crippen LogP contribution in [-0.4, -0.2) is 24.1 Å². The van der Waals surface area contributed by atoms with Crippen molar-refractivity contribution >= 4 is 72.0 Å². The van der Waals surface area contributed by atoms with E-state index in [2.05, 4.69) is 207 Å². The van der Waals surface area contributed by atoms with E-state index in [0.29, 0.717) is 17.6 Å². The van der Waals surface area contributed by atoms with Crippen LogP contribution in [0.5, 0.6) is 0 Å². The van der Waals surface area contributed by atoms with E-state index in [1.165, 1.54) is 0 Å². The molecule has 0 aliphatic heterocycles. The number of para-hydroxylation sites is 4. The standard InChI is InChI=1S/C57H39N7/c1-7-19-39(20-8-1)55-59-56(40-21-9-2-10-22-40)61-57(60-55)64-52-36-32-46(62(43-25-13-4-14-26-43)44-27-15-5-16-28-44)38-50(52)48-34-33-47-49-37-42(58-41-23-11-3-12-24-41)31-35-51(49)63(53(47)54(48)64)45-29-17-6-18-30-45/h1-38,58H. The molecule has 3 aromatic heterocycles. The molecule has 0 radical (unpaired) electrons. The van der Waals surface area contributed by atoms with Crippen LogP contribution in [0.2, 0.25) is 0 Å². The summed E-state index contributed by atoms with van der Waals surface area (Å²) in [7, 11) is 0. The molecule has 1 N–H and O–H groups in total. The van der Waals surface area contributed by atoms with E-state index in [4.69, 9.17) is 15.0 Å². The zero-order valence-electron chi connectivity index (χ0n) is 34.6. The molecule has 3 heterocycles. The highest BCUT2D eigenvalue weighted by molar-refractivity contribution is 6.24. The average Bonchev–Trinajstić information content (AvgIpc) is 3.88. The first-order valence-corrected chi connectivity index (χ1v) is 21.5. The molecule has 12 aromatic rings. The summed E-state index contributed by atoms with van der Waals surface area (Å²) < 4.78 is 4.65. The van der Waals surface area contributed by atoms with Gasteiger partial charge in [0.1, 0.15) is 0 Å². The molecular weight excluding hydrogens is 783 g/mol. The Balaban J connectivity index is 1.21. The molecule has 64 heavy (non-hydrogen) atoms. The Hall–Kier alpha value is -8.81. The SMILES string of the molecule is c1ccc(Nc2ccc3c(c2)c2ccc4c5cc(N(c6ccccc6)c6ccccc6)ccc5n(-c5nc(-c6ccccc6)nc(-c6ccccc6)n5)c4c2n3-c2ccccc2)cc1. The molecule has 0 bridgehead atoms. The molecule has 9 aromatic carbocycles. The van der Waals surface area contributed by atoms with Gasteiger partial charge in [0.2, 0.25) is 5.95 Å². The number of aromatic nitrogens is 5. The number of hydrogen-bond acceptors (Lipinski definition) is 5. The fourth-order valence-corrected chi connectivity index (χ4v) is 9.05. The van der Waals surface area contributed by atoms with E-state index in [0.717, 1.165) is 88.9 Å². The topological polar surface area (TPSA) is 63.8 Å². The van der Waals surface area contributed by atoms with E-state index < -0.39 is 0 Å². The number of rotatable bonds is 9. The molecule has 12 rings (SSSR count). The minimum Gasteiger partial charge on any atom is -0.356 e. The van der Waals surface area contributed by atoms with Crippen LogP contribution in [-0.2, 0) is 0 Å². The van der Waals surface area contributed by atoms with Gasteiger partial charge in [-0.05, 0) is 84.9 Å². The molecule has 0 saturated carbocycles. The van der Waals surface area contributed by atoms with E-state index >= 15 is 0 Å². The molecule has 0 aliphatic carbocycles. The van der Waals surface area contributed by atoms with Gasteiger partial charge in [-0.3, -0.25) is 4.57 Å². The van der Waals surface area contributed by atoms with Gasteiger partial charge in [-0.15, -0.1) is 0 Å². The number of fused-ring (bicyclic) bond motifs is 7. The summed E-state index contributed by atoms with van der Waals surface area (Å²) in [6, 6.07) is 80.4. The van der Waals surface area contributed by atoms with Gasteiger partial charge in [-0.25, -0.2) is 4.98 Å². The summed E-state index contributed by atoms with van der Waals surface area (Å²) in [5, 5.41) is 8.04. The molecule has 0 atom stereocenters. The van der Waals surface area contributed by atoms with Gasteiger partial charge in [0.05, 0.1) is 22.1 Å². The number of nitrogens with one attached hydrogen (secondary N) is 1. The molecule has 0 saturated heterocycles. The first-order valence-electron chi connectivity index (χ1n) is 21.5. The second-order valence-electron chi connectivity index (χ2n) is 15.8. The monoisotopic (exact) mass is 821 g/mol. The molecule has 0 fully saturated rings.